The molecule has 0 aliphatic heterocycles. The number of aromatic nitrogens is 1. The lowest BCUT2D eigenvalue weighted by Gasteiger charge is -2.17. The van der Waals surface area contributed by atoms with E-state index in [9.17, 15) is 23.4 Å². The van der Waals surface area contributed by atoms with Gasteiger partial charge in [0.05, 0.1) is 37.2 Å². The molecule has 0 bridgehead atoms. The van der Waals surface area contributed by atoms with Gasteiger partial charge in [0.1, 0.15) is 22.8 Å². The molecule has 2 unspecified atom stereocenters. The number of hydrogen-bond donors (Lipinski definition) is 2. The quantitative estimate of drug-likeness (QED) is 0.256. The number of halogens is 3. The number of fused-ring (bicyclic) bond motifs is 1. The fourth-order valence-corrected chi connectivity index (χ4v) is 3.34. The second-order valence-electron chi connectivity index (χ2n) is 7.53. The van der Waals surface area contributed by atoms with Crippen LogP contribution in [0.25, 0.3) is 22.3 Å². The number of alkyl halides is 3. The van der Waals surface area contributed by atoms with E-state index in [-0.39, 0.29) is 11.3 Å². The second kappa shape index (κ2) is 11.8. The maximum atomic E-state index is 12.7. The average Bonchev–Trinajstić information content (AvgIpc) is 3.21. The largest absolute Gasteiger partial charge is 0.573 e. The first-order valence-electron chi connectivity index (χ1n) is 10.7. The molecule has 2 atom stereocenters. The number of aliphatic hydroxyl groups is 2. The van der Waals surface area contributed by atoms with Gasteiger partial charge in [-0.2, -0.15) is 0 Å². The number of hydrogen-bond acceptors (Lipinski definition) is 7. The Bertz CT molecular complexity index is 1070. The van der Waals surface area contributed by atoms with Crippen LogP contribution in [0, 0.1) is 0 Å². The first kappa shape index (κ1) is 25.4. The van der Waals surface area contributed by atoms with Crippen molar-refractivity contribution >= 4 is 11.0 Å². The zero-order valence-corrected chi connectivity index (χ0v) is 18.3. The molecule has 2 heterocycles. The molecule has 10 heteroatoms. The first-order chi connectivity index (χ1) is 16.3. The summed E-state index contributed by atoms with van der Waals surface area (Å²) in [4.78, 5) is 3.86. The van der Waals surface area contributed by atoms with E-state index in [0.29, 0.717) is 55.6 Å². The molecular weight excluding hydrogens is 455 g/mol. The molecule has 0 fully saturated rings. The Kier molecular flexibility index (Phi) is 8.78. The van der Waals surface area contributed by atoms with E-state index in [2.05, 4.69) is 16.3 Å². The lowest BCUT2D eigenvalue weighted by molar-refractivity contribution is -0.274. The van der Waals surface area contributed by atoms with E-state index < -0.39 is 24.3 Å². The predicted molar refractivity (Wildman–Crippen MR) is 118 cm³/mol. The Morgan fingerprint density at radius 2 is 1.79 bits per heavy atom. The minimum Gasteiger partial charge on any atom is -0.502 e. The SMILES string of the molecule is C=COCCCC(O)C(O)CCCOc1ccc2cc(-c3cnccc3OC(F)(F)F)oc2c1. The van der Waals surface area contributed by atoms with Gasteiger partial charge in [-0.05, 0) is 49.9 Å². The minimum atomic E-state index is -4.84. The van der Waals surface area contributed by atoms with Gasteiger partial charge in [0.2, 0.25) is 0 Å². The fourth-order valence-electron chi connectivity index (χ4n) is 3.34. The molecule has 0 amide bonds. The fraction of sp³-hybridized carbons (Fsp3) is 0.375. The number of aliphatic hydroxyl groups excluding tert-OH is 2. The summed E-state index contributed by atoms with van der Waals surface area (Å²) < 4.78 is 58.5. The molecule has 2 N–H and O–H groups in total. The summed E-state index contributed by atoms with van der Waals surface area (Å²) in [6.45, 7) is 4.17. The third-order valence-electron chi connectivity index (χ3n) is 5.00. The van der Waals surface area contributed by atoms with Gasteiger partial charge in [0.15, 0.2) is 0 Å². The maximum absolute atomic E-state index is 12.7. The van der Waals surface area contributed by atoms with E-state index in [1.807, 2.05) is 0 Å². The molecule has 3 rings (SSSR count). The zero-order valence-electron chi connectivity index (χ0n) is 18.3. The van der Waals surface area contributed by atoms with Crippen LogP contribution in [0.2, 0.25) is 0 Å². The molecular formula is C24H26F3NO6. The number of furan rings is 1. The Morgan fingerprint density at radius 3 is 2.50 bits per heavy atom. The highest BCUT2D eigenvalue weighted by atomic mass is 19.4. The number of ether oxygens (including phenoxy) is 3. The molecule has 1 aromatic carbocycles. The average molecular weight is 481 g/mol. The van der Waals surface area contributed by atoms with E-state index >= 15 is 0 Å². The van der Waals surface area contributed by atoms with Crippen LogP contribution in [0.1, 0.15) is 25.7 Å². The van der Waals surface area contributed by atoms with Gasteiger partial charge >= 0.3 is 6.36 Å². The third kappa shape index (κ3) is 7.39. The number of rotatable bonds is 13. The first-order valence-corrected chi connectivity index (χ1v) is 10.7. The molecule has 0 saturated heterocycles. The van der Waals surface area contributed by atoms with Crippen molar-refractivity contribution in [1.29, 1.82) is 0 Å². The molecule has 0 spiro atoms. The van der Waals surface area contributed by atoms with E-state index in [4.69, 9.17) is 13.9 Å². The summed E-state index contributed by atoms with van der Waals surface area (Å²) in [6, 6.07) is 7.78. The van der Waals surface area contributed by atoms with Crippen LogP contribution >= 0.6 is 0 Å². The number of nitrogens with zero attached hydrogens (tertiary/aromatic N) is 1. The van der Waals surface area contributed by atoms with Gasteiger partial charge < -0.3 is 28.8 Å². The third-order valence-corrected chi connectivity index (χ3v) is 5.00. The van der Waals surface area contributed by atoms with Crippen LogP contribution < -0.4 is 9.47 Å². The zero-order chi connectivity index (χ0) is 24.6. The van der Waals surface area contributed by atoms with Crippen LogP contribution in [-0.2, 0) is 4.74 Å². The van der Waals surface area contributed by atoms with Gasteiger partial charge in [-0.15, -0.1) is 13.2 Å². The smallest absolute Gasteiger partial charge is 0.502 e. The van der Waals surface area contributed by atoms with Crippen molar-refractivity contribution in [2.24, 2.45) is 0 Å². The van der Waals surface area contributed by atoms with Gasteiger partial charge in [-0.1, -0.05) is 6.58 Å². The van der Waals surface area contributed by atoms with E-state index in [1.54, 1.807) is 24.3 Å². The van der Waals surface area contributed by atoms with Gasteiger partial charge in [-0.25, -0.2) is 0 Å². The van der Waals surface area contributed by atoms with Crippen molar-refractivity contribution in [3.63, 3.8) is 0 Å². The number of benzene rings is 1. The second-order valence-corrected chi connectivity index (χ2v) is 7.53. The van der Waals surface area contributed by atoms with Crippen LogP contribution in [0.3, 0.4) is 0 Å². The van der Waals surface area contributed by atoms with Crippen LogP contribution in [-0.4, -0.2) is 47.0 Å². The standard InChI is InChI=1S/C24H26F3NO6/c1-2-31-11-3-5-19(29)20(30)6-4-12-32-17-8-7-16-13-23(33-22(16)14-17)18-15-28-10-9-21(18)34-24(25,26)27/h2,7-10,13-15,19-20,29-30H,1,3-6,11-12H2. The lowest BCUT2D eigenvalue weighted by atomic mass is 10.0. The highest BCUT2D eigenvalue weighted by molar-refractivity contribution is 5.84. The van der Waals surface area contributed by atoms with Crippen molar-refractivity contribution in [3.8, 4) is 22.8 Å². The van der Waals surface area contributed by atoms with Crippen molar-refractivity contribution in [2.75, 3.05) is 13.2 Å². The normalized spacial score (nSPS) is 13.4. The highest BCUT2D eigenvalue weighted by Gasteiger charge is 2.32. The van der Waals surface area contributed by atoms with Gasteiger partial charge in [-0.3, -0.25) is 4.98 Å². The van der Waals surface area contributed by atoms with Crippen molar-refractivity contribution in [2.45, 2.75) is 44.3 Å². The summed E-state index contributed by atoms with van der Waals surface area (Å²) in [7, 11) is 0. The summed E-state index contributed by atoms with van der Waals surface area (Å²) in [5.41, 5.74) is 0.494. The molecule has 34 heavy (non-hydrogen) atoms. The predicted octanol–water partition coefficient (Wildman–Crippen LogP) is 5.21. The maximum Gasteiger partial charge on any atom is 0.573 e. The summed E-state index contributed by atoms with van der Waals surface area (Å²) in [5, 5.41) is 20.7. The molecule has 3 aromatic rings. The van der Waals surface area contributed by atoms with Crippen molar-refractivity contribution in [1.82, 2.24) is 4.98 Å². The minimum absolute atomic E-state index is 0.0714. The molecule has 0 saturated carbocycles. The van der Waals surface area contributed by atoms with Crippen LogP contribution in [0.5, 0.6) is 11.5 Å². The molecule has 0 radical (unpaired) electrons. The monoisotopic (exact) mass is 481 g/mol. The van der Waals surface area contributed by atoms with Crippen LogP contribution in [0.4, 0.5) is 13.2 Å². The topological polar surface area (TPSA) is 94.2 Å². The molecule has 184 valence electrons. The Balaban J connectivity index is 1.56. The van der Waals surface area contributed by atoms with Crippen molar-refractivity contribution < 1.29 is 42.0 Å². The summed E-state index contributed by atoms with van der Waals surface area (Å²) >= 11 is 0. The molecule has 2 aromatic heterocycles. The summed E-state index contributed by atoms with van der Waals surface area (Å²) in [6.07, 6.45) is -0.883. The van der Waals surface area contributed by atoms with E-state index in [1.165, 1.54) is 18.7 Å². The summed E-state index contributed by atoms with van der Waals surface area (Å²) in [5.74, 6) is 0.269. The molecule has 0 aliphatic rings. The molecule has 0 aliphatic carbocycles. The van der Waals surface area contributed by atoms with Gasteiger partial charge in [0, 0.05) is 23.8 Å². The van der Waals surface area contributed by atoms with E-state index in [0.717, 1.165) is 6.07 Å². The Labute approximate surface area is 194 Å². The Hall–Kier alpha value is -3.24. The molecule has 7 nitrogen and oxygen atoms in total. The van der Waals surface area contributed by atoms with Gasteiger partial charge in [0.25, 0.3) is 0 Å². The van der Waals surface area contributed by atoms with Crippen molar-refractivity contribution in [3.05, 3.63) is 55.6 Å². The number of pyridine rings is 1. The lowest BCUT2D eigenvalue weighted by Crippen LogP contribution is -2.26. The van der Waals surface area contributed by atoms with Crippen LogP contribution in [0.15, 0.2) is 60.0 Å². The highest BCUT2D eigenvalue weighted by Crippen LogP contribution is 2.36. The Morgan fingerprint density at radius 1 is 1.06 bits per heavy atom.